The van der Waals surface area contributed by atoms with Gasteiger partial charge in [0.2, 0.25) is 11.8 Å². The Morgan fingerprint density at radius 1 is 1.43 bits per heavy atom. The van der Waals surface area contributed by atoms with Crippen LogP contribution in [0.15, 0.2) is 0 Å². The zero-order valence-electron chi connectivity index (χ0n) is 12.3. The van der Waals surface area contributed by atoms with E-state index in [0.717, 1.165) is 0 Å². The van der Waals surface area contributed by atoms with Crippen molar-refractivity contribution >= 4 is 11.8 Å². The highest BCUT2D eigenvalue weighted by atomic mass is 19.4. The molecule has 0 radical (unpaired) electrons. The van der Waals surface area contributed by atoms with Gasteiger partial charge in [-0.3, -0.25) is 9.59 Å². The molecule has 1 rings (SSSR count). The van der Waals surface area contributed by atoms with E-state index >= 15 is 0 Å². The molecule has 8 heteroatoms. The molecule has 0 aromatic rings. The van der Waals surface area contributed by atoms with Gasteiger partial charge in [0.25, 0.3) is 0 Å². The van der Waals surface area contributed by atoms with Crippen molar-refractivity contribution in [1.82, 2.24) is 10.2 Å². The lowest BCUT2D eigenvalue weighted by Gasteiger charge is -2.26. The molecule has 0 aromatic carbocycles. The van der Waals surface area contributed by atoms with Gasteiger partial charge in [-0.05, 0) is 5.41 Å². The molecule has 21 heavy (non-hydrogen) atoms. The van der Waals surface area contributed by atoms with Crippen molar-refractivity contribution in [3.8, 4) is 0 Å². The minimum absolute atomic E-state index is 0.00624. The highest BCUT2D eigenvalue weighted by molar-refractivity contribution is 5.89. The second-order valence-corrected chi connectivity index (χ2v) is 6.42. The van der Waals surface area contributed by atoms with Gasteiger partial charge < -0.3 is 15.3 Å². The van der Waals surface area contributed by atoms with Crippen LogP contribution >= 0.6 is 0 Å². The van der Waals surface area contributed by atoms with E-state index in [9.17, 15) is 27.9 Å². The maximum atomic E-state index is 12.3. The highest BCUT2D eigenvalue weighted by Crippen LogP contribution is 2.24. The Hall–Kier alpha value is -1.31. The molecule has 0 spiro atoms. The fourth-order valence-electron chi connectivity index (χ4n) is 1.96. The predicted molar refractivity (Wildman–Crippen MR) is 69.2 cm³/mol. The van der Waals surface area contributed by atoms with Crippen LogP contribution in [0.2, 0.25) is 0 Å². The quantitative estimate of drug-likeness (QED) is 0.811. The van der Waals surface area contributed by atoms with Gasteiger partial charge in [0.15, 0.2) is 0 Å². The number of alkyl halides is 3. The number of likely N-dealkylation sites (tertiary alicyclic amines) is 1. The summed E-state index contributed by atoms with van der Waals surface area (Å²) in [5, 5.41) is 12.3. The molecule has 0 aliphatic carbocycles. The first-order valence-corrected chi connectivity index (χ1v) is 6.70. The molecule has 0 bridgehead atoms. The average molecular weight is 310 g/mol. The van der Waals surface area contributed by atoms with Crippen LogP contribution in [0.3, 0.4) is 0 Å². The zero-order valence-corrected chi connectivity index (χ0v) is 12.3. The normalized spacial score (nSPS) is 21.6. The first-order chi connectivity index (χ1) is 9.40. The number of carbonyl (C=O) groups is 2. The topological polar surface area (TPSA) is 69.6 Å². The molecular weight excluding hydrogens is 289 g/mol. The first-order valence-electron chi connectivity index (χ1n) is 6.70. The molecule has 1 heterocycles. The van der Waals surface area contributed by atoms with E-state index in [0.29, 0.717) is 4.90 Å². The molecule has 1 aliphatic rings. The maximum absolute atomic E-state index is 12.3. The van der Waals surface area contributed by atoms with E-state index in [-0.39, 0.29) is 19.5 Å². The zero-order chi connectivity index (χ0) is 16.4. The summed E-state index contributed by atoms with van der Waals surface area (Å²) in [5.41, 5.74) is -0.416. The number of amides is 2. The number of hydrogen-bond acceptors (Lipinski definition) is 3. The number of halogens is 3. The fraction of sp³-hybridized carbons (Fsp3) is 0.846. The van der Waals surface area contributed by atoms with E-state index in [1.54, 1.807) is 20.8 Å². The number of hydrogen-bond donors (Lipinski definition) is 2. The van der Waals surface area contributed by atoms with Crippen LogP contribution in [0.25, 0.3) is 0 Å². The van der Waals surface area contributed by atoms with Crippen molar-refractivity contribution in [1.29, 1.82) is 0 Å². The van der Waals surface area contributed by atoms with E-state index in [2.05, 4.69) is 5.32 Å². The number of aliphatic hydroxyl groups is 1. The van der Waals surface area contributed by atoms with Crippen molar-refractivity contribution < 1.29 is 27.9 Å². The summed E-state index contributed by atoms with van der Waals surface area (Å²) in [7, 11) is 0. The predicted octanol–water partition coefficient (Wildman–Crippen LogP) is 0.920. The van der Waals surface area contributed by atoms with Crippen molar-refractivity contribution in [3.05, 3.63) is 0 Å². The Kier molecular flexibility index (Phi) is 5.25. The van der Waals surface area contributed by atoms with Gasteiger partial charge in [-0.15, -0.1) is 0 Å². The Morgan fingerprint density at radius 3 is 2.48 bits per heavy atom. The minimum atomic E-state index is -4.47. The lowest BCUT2D eigenvalue weighted by Crippen LogP contribution is -2.42. The van der Waals surface area contributed by atoms with Crippen molar-refractivity contribution in [2.45, 2.75) is 39.5 Å². The van der Waals surface area contributed by atoms with Crippen LogP contribution < -0.4 is 5.32 Å². The SMILES string of the molecule is CC(C)(C)C(O)CNC(=O)C1CC(=O)N(CC(F)(F)F)C1. The number of carbonyl (C=O) groups excluding carboxylic acids is 2. The largest absolute Gasteiger partial charge is 0.406 e. The molecule has 2 atom stereocenters. The van der Waals surface area contributed by atoms with Crippen LogP contribution in [0.4, 0.5) is 13.2 Å². The third-order valence-electron chi connectivity index (χ3n) is 3.42. The summed E-state index contributed by atoms with van der Waals surface area (Å²) in [4.78, 5) is 24.0. The van der Waals surface area contributed by atoms with Gasteiger partial charge in [-0.25, -0.2) is 0 Å². The number of nitrogens with zero attached hydrogens (tertiary/aromatic N) is 1. The molecule has 2 N–H and O–H groups in total. The number of aliphatic hydroxyl groups excluding tert-OH is 1. The maximum Gasteiger partial charge on any atom is 0.406 e. The summed E-state index contributed by atoms with van der Waals surface area (Å²) in [6, 6.07) is 0. The molecular formula is C13H21F3N2O3. The molecule has 2 amide bonds. The summed E-state index contributed by atoms with van der Waals surface area (Å²) < 4.78 is 36.8. The van der Waals surface area contributed by atoms with Gasteiger partial charge in [-0.2, -0.15) is 13.2 Å². The van der Waals surface area contributed by atoms with Gasteiger partial charge >= 0.3 is 6.18 Å². The van der Waals surface area contributed by atoms with Gasteiger partial charge in [0, 0.05) is 19.5 Å². The third kappa shape index (κ3) is 5.53. The summed E-state index contributed by atoms with van der Waals surface area (Å²) in [5.74, 6) is -1.98. The lowest BCUT2D eigenvalue weighted by molar-refractivity contribution is -0.157. The summed E-state index contributed by atoms with van der Waals surface area (Å²) in [6.45, 7) is 3.83. The fourth-order valence-corrected chi connectivity index (χ4v) is 1.96. The second-order valence-electron chi connectivity index (χ2n) is 6.42. The molecule has 0 saturated carbocycles. The monoisotopic (exact) mass is 310 g/mol. The molecule has 0 aromatic heterocycles. The van der Waals surface area contributed by atoms with Crippen molar-refractivity contribution in [2.75, 3.05) is 19.6 Å². The van der Waals surface area contributed by atoms with Gasteiger partial charge in [0.1, 0.15) is 6.54 Å². The minimum Gasteiger partial charge on any atom is -0.391 e. The molecule has 122 valence electrons. The van der Waals surface area contributed by atoms with Crippen molar-refractivity contribution in [3.63, 3.8) is 0 Å². The van der Waals surface area contributed by atoms with E-state index in [4.69, 9.17) is 0 Å². The second kappa shape index (κ2) is 6.21. The van der Waals surface area contributed by atoms with Gasteiger partial charge in [0.05, 0.1) is 12.0 Å². The van der Waals surface area contributed by atoms with Crippen LogP contribution in [0.1, 0.15) is 27.2 Å². The lowest BCUT2D eigenvalue weighted by atomic mass is 9.89. The molecule has 2 unspecified atom stereocenters. The highest BCUT2D eigenvalue weighted by Gasteiger charge is 2.40. The standard InChI is InChI=1S/C13H21F3N2O3/c1-12(2,3)9(19)5-17-11(21)8-4-10(20)18(6-8)7-13(14,15)16/h8-9,19H,4-7H2,1-3H3,(H,17,21). The first kappa shape index (κ1) is 17.7. The van der Waals surface area contributed by atoms with Crippen molar-refractivity contribution in [2.24, 2.45) is 11.3 Å². The Morgan fingerprint density at radius 2 is 2.00 bits per heavy atom. The summed E-state index contributed by atoms with van der Waals surface area (Å²) >= 11 is 0. The molecule has 1 aliphatic heterocycles. The van der Waals surface area contributed by atoms with Crippen LogP contribution in [-0.4, -0.2) is 53.7 Å². The van der Waals surface area contributed by atoms with Crippen LogP contribution in [-0.2, 0) is 9.59 Å². The molecule has 5 nitrogen and oxygen atoms in total. The smallest absolute Gasteiger partial charge is 0.391 e. The van der Waals surface area contributed by atoms with Gasteiger partial charge in [-0.1, -0.05) is 20.8 Å². The molecule has 1 fully saturated rings. The van der Waals surface area contributed by atoms with Crippen LogP contribution in [0.5, 0.6) is 0 Å². The number of nitrogens with one attached hydrogen (secondary N) is 1. The summed E-state index contributed by atoms with van der Waals surface area (Å²) in [6.07, 6.45) is -5.47. The molecule has 1 saturated heterocycles. The Labute approximate surface area is 121 Å². The number of rotatable bonds is 4. The van der Waals surface area contributed by atoms with E-state index in [1.165, 1.54) is 0 Å². The van der Waals surface area contributed by atoms with Crippen LogP contribution in [0, 0.1) is 11.3 Å². The Bertz CT molecular complexity index is 404. The Balaban J connectivity index is 2.49. The van der Waals surface area contributed by atoms with E-state index < -0.39 is 42.0 Å². The van der Waals surface area contributed by atoms with E-state index in [1.807, 2.05) is 0 Å². The average Bonchev–Trinajstić information content (AvgIpc) is 2.64. The third-order valence-corrected chi connectivity index (χ3v) is 3.42.